The van der Waals surface area contributed by atoms with Crippen LogP contribution in [0.3, 0.4) is 0 Å². The predicted molar refractivity (Wildman–Crippen MR) is 72.9 cm³/mol. The van der Waals surface area contributed by atoms with Crippen LogP contribution in [0.1, 0.15) is 18.4 Å². The summed E-state index contributed by atoms with van der Waals surface area (Å²) in [5.41, 5.74) is 8.44. The van der Waals surface area contributed by atoms with Gasteiger partial charge in [-0.2, -0.15) is 0 Å². The van der Waals surface area contributed by atoms with Crippen molar-refractivity contribution in [2.45, 2.75) is 19.3 Å². The van der Waals surface area contributed by atoms with Gasteiger partial charge in [-0.05, 0) is 36.6 Å². The van der Waals surface area contributed by atoms with E-state index in [4.69, 9.17) is 5.73 Å². The van der Waals surface area contributed by atoms with E-state index in [2.05, 4.69) is 5.32 Å². The molecule has 1 aromatic carbocycles. The summed E-state index contributed by atoms with van der Waals surface area (Å²) in [4.78, 5) is 25.1. The van der Waals surface area contributed by atoms with E-state index in [1.54, 1.807) is 4.90 Å². The molecule has 5 heteroatoms. The lowest BCUT2D eigenvalue weighted by Gasteiger charge is -2.21. The van der Waals surface area contributed by atoms with Gasteiger partial charge in [-0.1, -0.05) is 6.07 Å². The Morgan fingerprint density at radius 2 is 2.16 bits per heavy atom. The molecule has 1 aromatic rings. The van der Waals surface area contributed by atoms with E-state index in [0.29, 0.717) is 25.9 Å². The Hall–Kier alpha value is -1.88. The molecule has 3 rings (SSSR count). The van der Waals surface area contributed by atoms with Crippen molar-refractivity contribution < 1.29 is 9.59 Å². The van der Waals surface area contributed by atoms with E-state index in [1.165, 1.54) is 0 Å². The molecule has 1 fully saturated rings. The molecule has 3 N–H and O–H groups in total. The van der Waals surface area contributed by atoms with Crippen LogP contribution in [0.4, 0.5) is 11.4 Å². The Labute approximate surface area is 111 Å². The highest BCUT2D eigenvalue weighted by atomic mass is 16.2. The second-order valence-electron chi connectivity index (χ2n) is 5.20. The number of hydrogen-bond acceptors (Lipinski definition) is 3. The van der Waals surface area contributed by atoms with Crippen LogP contribution in [0.25, 0.3) is 0 Å². The molecule has 19 heavy (non-hydrogen) atoms. The fraction of sp³-hybridized carbons (Fsp3) is 0.429. The summed E-state index contributed by atoms with van der Waals surface area (Å²) in [7, 11) is 0. The maximum Gasteiger partial charge on any atom is 0.227 e. The SMILES string of the molecule is NCC1CC(=O)N(c2ccc3c(c2)NC(=O)CC3)C1. The number of carbonyl (C=O) groups is 2. The van der Waals surface area contributed by atoms with Gasteiger partial charge in [0, 0.05) is 30.8 Å². The van der Waals surface area contributed by atoms with Gasteiger partial charge in [0.1, 0.15) is 0 Å². The standard InChI is InChI=1S/C14H17N3O2/c15-7-9-5-14(19)17(8-9)11-3-1-10-2-4-13(18)16-12(10)6-11/h1,3,6,9H,2,4-5,7-8,15H2,(H,16,18). The van der Waals surface area contributed by atoms with Crippen molar-refractivity contribution >= 4 is 23.2 Å². The topological polar surface area (TPSA) is 75.4 Å². The molecule has 0 bridgehead atoms. The summed E-state index contributed by atoms with van der Waals surface area (Å²) in [6, 6.07) is 5.84. The van der Waals surface area contributed by atoms with Crippen LogP contribution in [0.2, 0.25) is 0 Å². The van der Waals surface area contributed by atoms with E-state index in [-0.39, 0.29) is 17.7 Å². The molecule has 2 aliphatic heterocycles. The maximum absolute atomic E-state index is 12.0. The first-order chi connectivity index (χ1) is 9.17. The minimum atomic E-state index is 0.0391. The second-order valence-corrected chi connectivity index (χ2v) is 5.20. The Balaban J connectivity index is 1.88. The van der Waals surface area contributed by atoms with Crippen LogP contribution < -0.4 is 16.0 Å². The molecule has 5 nitrogen and oxygen atoms in total. The van der Waals surface area contributed by atoms with Crippen LogP contribution in [-0.4, -0.2) is 24.9 Å². The number of hydrogen-bond donors (Lipinski definition) is 2. The summed E-state index contributed by atoms with van der Waals surface area (Å²) in [5, 5.41) is 2.86. The highest BCUT2D eigenvalue weighted by Crippen LogP contribution is 2.31. The summed E-state index contributed by atoms with van der Waals surface area (Å²) in [6.07, 6.45) is 1.81. The number of nitrogens with zero attached hydrogens (tertiary/aromatic N) is 1. The minimum Gasteiger partial charge on any atom is -0.330 e. The maximum atomic E-state index is 12.0. The summed E-state index contributed by atoms with van der Waals surface area (Å²) in [6.45, 7) is 1.20. The molecular weight excluding hydrogens is 242 g/mol. The van der Waals surface area contributed by atoms with Gasteiger partial charge in [-0.15, -0.1) is 0 Å². The third-order valence-electron chi connectivity index (χ3n) is 3.84. The molecular formula is C14H17N3O2. The van der Waals surface area contributed by atoms with Gasteiger partial charge in [-0.25, -0.2) is 0 Å². The number of benzene rings is 1. The van der Waals surface area contributed by atoms with E-state index in [1.807, 2.05) is 18.2 Å². The number of anilines is 2. The Morgan fingerprint density at radius 1 is 1.32 bits per heavy atom. The van der Waals surface area contributed by atoms with E-state index < -0.39 is 0 Å². The second kappa shape index (κ2) is 4.66. The number of nitrogens with two attached hydrogens (primary N) is 1. The highest BCUT2D eigenvalue weighted by Gasteiger charge is 2.30. The zero-order chi connectivity index (χ0) is 13.4. The highest BCUT2D eigenvalue weighted by molar-refractivity contribution is 5.98. The van der Waals surface area contributed by atoms with Crippen LogP contribution in [0.15, 0.2) is 18.2 Å². The molecule has 0 saturated carbocycles. The van der Waals surface area contributed by atoms with Gasteiger partial charge in [0.25, 0.3) is 0 Å². The number of carbonyl (C=O) groups excluding carboxylic acids is 2. The van der Waals surface area contributed by atoms with E-state index in [9.17, 15) is 9.59 Å². The molecule has 2 heterocycles. The van der Waals surface area contributed by atoms with Crippen molar-refractivity contribution in [2.75, 3.05) is 23.3 Å². The lowest BCUT2D eigenvalue weighted by atomic mass is 10.0. The third-order valence-corrected chi connectivity index (χ3v) is 3.84. The van der Waals surface area contributed by atoms with Gasteiger partial charge < -0.3 is 16.0 Å². The average molecular weight is 259 g/mol. The molecule has 1 unspecified atom stereocenters. The van der Waals surface area contributed by atoms with Crippen molar-refractivity contribution in [3.63, 3.8) is 0 Å². The zero-order valence-electron chi connectivity index (χ0n) is 10.7. The van der Waals surface area contributed by atoms with Crippen molar-refractivity contribution in [3.05, 3.63) is 23.8 Å². The smallest absolute Gasteiger partial charge is 0.227 e. The number of aryl methyl sites for hydroxylation is 1. The number of amides is 2. The number of nitrogens with one attached hydrogen (secondary N) is 1. The molecule has 2 amide bonds. The molecule has 0 spiro atoms. The van der Waals surface area contributed by atoms with Gasteiger partial charge in [0.2, 0.25) is 11.8 Å². The largest absolute Gasteiger partial charge is 0.330 e. The van der Waals surface area contributed by atoms with Gasteiger partial charge in [0.05, 0.1) is 0 Å². The summed E-state index contributed by atoms with van der Waals surface area (Å²) in [5.74, 6) is 0.382. The average Bonchev–Trinajstić information content (AvgIpc) is 2.79. The Morgan fingerprint density at radius 3 is 2.89 bits per heavy atom. The lowest BCUT2D eigenvalue weighted by molar-refractivity contribution is -0.117. The first-order valence-corrected chi connectivity index (χ1v) is 6.60. The van der Waals surface area contributed by atoms with Crippen molar-refractivity contribution in [1.82, 2.24) is 0 Å². The fourth-order valence-electron chi connectivity index (χ4n) is 2.72. The first-order valence-electron chi connectivity index (χ1n) is 6.60. The predicted octanol–water partition coefficient (Wildman–Crippen LogP) is 0.883. The number of rotatable bonds is 2. The van der Waals surface area contributed by atoms with Crippen LogP contribution in [0.5, 0.6) is 0 Å². The number of fused-ring (bicyclic) bond motifs is 1. The molecule has 1 saturated heterocycles. The van der Waals surface area contributed by atoms with E-state index in [0.717, 1.165) is 23.4 Å². The molecule has 100 valence electrons. The minimum absolute atomic E-state index is 0.0391. The normalized spacial score (nSPS) is 22.4. The van der Waals surface area contributed by atoms with Gasteiger partial charge in [-0.3, -0.25) is 9.59 Å². The molecule has 0 aromatic heterocycles. The van der Waals surface area contributed by atoms with Gasteiger partial charge in [0.15, 0.2) is 0 Å². The quantitative estimate of drug-likeness (QED) is 0.828. The molecule has 0 aliphatic carbocycles. The van der Waals surface area contributed by atoms with Crippen molar-refractivity contribution in [3.8, 4) is 0 Å². The van der Waals surface area contributed by atoms with E-state index >= 15 is 0 Å². The molecule has 0 radical (unpaired) electrons. The summed E-state index contributed by atoms with van der Waals surface area (Å²) < 4.78 is 0. The zero-order valence-corrected chi connectivity index (χ0v) is 10.7. The van der Waals surface area contributed by atoms with Crippen molar-refractivity contribution in [2.24, 2.45) is 11.7 Å². The van der Waals surface area contributed by atoms with Crippen LogP contribution >= 0.6 is 0 Å². The Bertz CT molecular complexity index is 541. The summed E-state index contributed by atoms with van der Waals surface area (Å²) >= 11 is 0. The third kappa shape index (κ3) is 2.21. The van der Waals surface area contributed by atoms with Crippen molar-refractivity contribution in [1.29, 1.82) is 0 Å². The lowest BCUT2D eigenvalue weighted by Crippen LogP contribution is -2.26. The molecule has 2 aliphatic rings. The van der Waals surface area contributed by atoms with Crippen LogP contribution in [0, 0.1) is 5.92 Å². The van der Waals surface area contributed by atoms with Crippen LogP contribution in [-0.2, 0) is 16.0 Å². The first kappa shape index (κ1) is 12.2. The van der Waals surface area contributed by atoms with Gasteiger partial charge >= 0.3 is 0 Å². The molecule has 1 atom stereocenters. The fourth-order valence-corrected chi connectivity index (χ4v) is 2.72. The Kier molecular flexibility index (Phi) is 2.98. The monoisotopic (exact) mass is 259 g/mol.